The van der Waals surface area contributed by atoms with E-state index >= 15 is 0 Å². The lowest BCUT2D eigenvalue weighted by molar-refractivity contribution is -0.137. The second-order valence-corrected chi connectivity index (χ2v) is 4.59. The first kappa shape index (κ1) is 13.9. The Bertz CT molecular complexity index is 451. The minimum atomic E-state index is -0.987. The molecule has 4 nitrogen and oxygen atoms in total. The molecule has 94 valence electrons. The minimum absolute atomic E-state index is 0.118. The molecule has 0 fully saturated rings. The van der Waals surface area contributed by atoms with E-state index in [-0.39, 0.29) is 22.9 Å². The summed E-state index contributed by atoms with van der Waals surface area (Å²) >= 11 is 3.05. The quantitative estimate of drug-likeness (QED) is 0.798. The maximum Gasteiger partial charge on any atom is 0.303 e. The van der Waals surface area contributed by atoms with Crippen LogP contribution in [0.5, 0.6) is 5.75 Å². The van der Waals surface area contributed by atoms with Crippen molar-refractivity contribution in [1.82, 2.24) is 0 Å². The number of carboxylic acids is 1. The predicted molar refractivity (Wildman–Crippen MR) is 64.3 cm³/mol. The molecule has 0 aliphatic heterocycles. The Hall–Kier alpha value is -1.14. The third kappa shape index (κ3) is 3.17. The summed E-state index contributed by atoms with van der Waals surface area (Å²) in [6.45, 7) is 1.69. The van der Waals surface area contributed by atoms with Gasteiger partial charge in [-0.25, -0.2) is 4.39 Å². The average Bonchev–Trinajstić information content (AvgIpc) is 2.28. The summed E-state index contributed by atoms with van der Waals surface area (Å²) in [6, 6.07) is 0.759. The highest BCUT2D eigenvalue weighted by atomic mass is 79.9. The van der Waals surface area contributed by atoms with Gasteiger partial charge in [0.2, 0.25) is 0 Å². The Morgan fingerprint density at radius 3 is 2.76 bits per heavy atom. The fraction of sp³-hybridized carbons (Fsp3) is 0.364. The summed E-state index contributed by atoms with van der Waals surface area (Å²) in [6.07, 6.45) is -0.0246. The van der Waals surface area contributed by atoms with Gasteiger partial charge in [-0.15, -0.1) is 0 Å². The van der Waals surface area contributed by atoms with Crippen LogP contribution < -0.4 is 5.73 Å². The van der Waals surface area contributed by atoms with Crippen molar-refractivity contribution in [1.29, 1.82) is 0 Å². The van der Waals surface area contributed by atoms with E-state index in [1.165, 1.54) is 6.07 Å². The third-order valence-corrected chi connectivity index (χ3v) is 3.46. The van der Waals surface area contributed by atoms with Crippen LogP contribution in [0, 0.1) is 12.7 Å². The summed E-state index contributed by atoms with van der Waals surface area (Å²) in [4.78, 5) is 10.4. The van der Waals surface area contributed by atoms with Crippen LogP contribution in [0.2, 0.25) is 0 Å². The Balaban J connectivity index is 3.02. The highest BCUT2D eigenvalue weighted by Gasteiger charge is 2.19. The molecule has 0 aromatic heterocycles. The molecule has 1 aromatic rings. The van der Waals surface area contributed by atoms with Gasteiger partial charge in [0.25, 0.3) is 0 Å². The van der Waals surface area contributed by atoms with E-state index in [0.717, 1.165) is 0 Å². The van der Waals surface area contributed by atoms with E-state index in [1.54, 1.807) is 6.92 Å². The van der Waals surface area contributed by atoms with Crippen LogP contribution in [0.3, 0.4) is 0 Å². The fourth-order valence-electron chi connectivity index (χ4n) is 1.48. The number of benzene rings is 1. The Labute approximate surface area is 106 Å². The zero-order valence-corrected chi connectivity index (χ0v) is 10.8. The molecule has 0 bridgehead atoms. The van der Waals surface area contributed by atoms with Crippen LogP contribution in [-0.4, -0.2) is 16.2 Å². The molecule has 6 heteroatoms. The van der Waals surface area contributed by atoms with Crippen molar-refractivity contribution < 1.29 is 19.4 Å². The van der Waals surface area contributed by atoms with Gasteiger partial charge in [-0.2, -0.15) is 0 Å². The van der Waals surface area contributed by atoms with Gasteiger partial charge < -0.3 is 15.9 Å². The monoisotopic (exact) mass is 305 g/mol. The number of carbonyl (C=O) groups is 1. The largest absolute Gasteiger partial charge is 0.504 e. The summed E-state index contributed by atoms with van der Waals surface area (Å²) in [5, 5.41) is 18.0. The molecule has 0 heterocycles. The van der Waals surface area contributed by atoms with E-state index in [0.29, 0.717) is 5.56 Å². The van der Waals surface area contributed by atoms with Gasteiger partial charge in [0, 0.05) is 18.0 Å². The molecule has 0 amide bonds. The van der Waals surface area contributed by atoms with Gasteiger partial charge in [0.15, 0.2) is 11.6 Å². The number of hydrogen-bond acceptors (Lipinski definition) is 3. The molecular weight excluding hydrogens is 293 g/mol. The number of phenols is 1. The van der Waals surface area contributed by atoms with E-state index in [9.17, 15) is 14.3 Å². The van der Waals surface area contributed by atoms with Gasteiger partial charge >= 0.3 is 5.97 Å². The number of phenolic OH excluding ortho intramolecular Hbond substituents is 1. The average molecular weight is 306 g/mol. The Morgan fingerprint density at radius 1 is 1.65 bits per heavy atom. The van der Waals surface area contributed by atoms with Crippen LogP contribution in [0.15, 0.2) is 10.5 Å². The van der Waals surface area contributed by atoms with Crippen LogP contribution in [0.25, 0.3) is 0 Å². The predicted octanol–water partition coefficient (Wildman–Crippen LogP) is 2.47. The van der Waals surface area contributed by atoms with Crippen molar-refractivity contribution in [3.8, 4) is 5.75 Å². The van der Waals surface area contributed by atoms with Crippen LogP contribution in [-0.2, 0) is 4.79 Å². The topological polar surface area (TPSA) is 83.6 Å². The summed E-state index contributed by atoms with van der Waals surface area (Å²) in [5.41, 5.74) is 6.47. The summed E-state index contributed by atoms with van der Waals surface area (Å²) < 4.78 is 14.0. The number of rotatable bonds is 4. The van der Waals surface area contributed by atoms with Crippen molar-refractivity contribution in [3.63, 3.8) is 0 Å². The standard InChI is InChI=1S/C11H13BrFNO3/c1-5-4-6(7(14)2-3-8(15)16)10(13)11(17)9(5)12/h4,7,17H,2-3,14H2,1H3,(H,15,16). The molecule has 0 aliphatic rings. The second-order valence-electron chi connectivity index (χ2n) is 3.80. The molecule has 0 spiro atoms. The number of aliphatic carboxylic acids is 1. The van der Waals surface area contributed by atoms with Crippen LogP contribution in [0.4, 0.5) is 4.39 Å². The molecule has 0 saturated carbocycles. The number of aryl methyl sites for hydroxylation is 1. The lowest BCUT2D eigenvalue weighted by atomic mass is 10.00. The maximum atomic E-state index is 13.7. The van der Waals surface area contributed by atoms with E-state index in [1.807, 2.05) is 0 Å². The first-order valence-corrected chi connectivity index (χ1v) is 5.78. The molecule has 1 rings (SSSR count). The van der Waals surface area contributed by atoms with Crippen molar-refractivity contribution in [2.24, 2.45) is 5.73 Å². The molecular formula is C11H13BrFNO3. The molecule has 4 N–H and O–H groups in total. The zero-order chi connectivity index (χ0) is 13.2. The Kier molecular flexibility index (Phi) is 4.47. The van der Waals surface area contributed by atoms with Crippen molar-refractivity contribution >= 4 is 21.9 Å². The lowest BCUT2D eigenvalue weighted by Crippen LogP contribution is -2.14. The highest BCUT2D eigenvalue weighted by Crippen LogP contribution is 2.35. The highest BCUT2D eigenvalue weighted by molar-refractivity contribution is 9.10. The maximum absolute atomic E-state index is 13.7. The van der Waals surface area contributed by atoms with Crippen molar-refractivity contribution in [3.05, 3.63) is 27.5 Å². The van der Waals surface area contributed by atoms with E-state index < -0.39 is 23.6 Å². The Morgan fingerprint density at radius 2 is 2.24 bits per heavy atom. The number of aromatic hydroxyl groups is 1. The number of hydrogen-bond donors (Lipinski definition) is 3. The molecule has 17 heavy (non-hydrogen) atoms. The van der Waals surface area contributed by atoms with Gasteiger partial charge in [-0.3, -0.25) is 4.79 Å². The normalized spacial score (nSPS) is 12.5. The smallest absolute Gasteiger partial charge is 0.303 e. The molecule has 1 unspecified atom stereocenters. The summed E-state index contributed by atoms with van der Waals surface area (Å²) in [7, 11) is 0. The first-order valence-electron chi connectivity index (χ1n) is 4.99. The van der Waals surface area contributed by atoms with Gasteiger partial charge in [0.05, 0.1) is 4.47 Å². The molecule has 0 saturated heterocycles. The zero-order valence-electron chi connectivity index (χ0n) is 9.20. The van der Waals surface area contributed by atoms with Gasteiger partial charge in [-0.05, 0) is 34.8 Å². The SMILES string of the molecule is Cc1cc(C(N)CCC(=O)O)c(F)c(O)c1Br. The fourth-order valence-corrected chi connectivity index (χ4v) is 1.77. The number of carboxylic acid groups (broad SMARTS) is 1. The van der Waals surface area contributed by atoms with E-state index in [4.69, 9.17) is 10.8 Å². The molecule has 0 aliphatic carbocycles. The molecule has 0 radical (unpaired) electrons. The first-order chi connectivity index (χ1) is 7.84. The van der Waals surface area contributed by atoms with Gasteiger partial charge in [-0.1, -0.05) is 6.07 Å². The summed E-state index contributed by atoms with van der Waals surface area (Å²) in [5.74, 6) is -2.29. The van der Waals surface area contributed by atoms with Crippen LogP contribution >= 0.6 is 15.9 Å². The molecule has 1 atom stereocenters. The second kappa shape index (κ2) is 5.46. The lowest BCUT2D eigenvalue weighted by Gasteiger charge is -2.15. The minimum Gasteiger partial charge on any atom is -0.504 e. The van der Waals surface area contributed by atoms with Crippen molar-refractivity contribution in [2.45, 2.75) is 25.8 Å². The molecule has 1 aromatic carbocycles. The number of halogens is 2. The van der Waals surface area contributed by atoms with Crippen LogP contribution in [0.1, 0.15) is 30.0 Å². The number of nitrogens with two attached hydrogens (primary N) is 1. The van der Waals surface area contributed by atoms with Crippen molar-refractivity contribution in [2.75, 3.05) is 0 Å². The third-order valence-electron chi connectivity index (χ3n) is 2.46. The van der Waals surface area contributed by atoms with Gasteiger partial charge in [0.1, 0.15) is 0 Å². The van der Waals surface area contributed by atoms with E-state index in [2.05, 4.69) is 15.9 Å².